The van der Waals surface area contributed by atoms with Crippen LogP contribution in [0.5, 0.6) is 0 Å². The van der Waals surface area contributed by atoms with Crippen molar-refractivity contribution < 1.29 is 9.18 Å². The molecule has 2 heterocycles. The number of carbonyl (C=O) groups is 1. The van der Waals surface area contributed by atoms with Gasteiger partial charge < -0.3 is 20.1 Å². The lowest BCUT2D eigenvalue weighted by molar-refractivity contribution is 0.102. The Balaban J connectivity index is 1.40. The summed E-state index contributed by atoms with van der Waals surface area (Å²) >= 11 is 18.8. The van der Waals surface area contributed by atoms with Gasteiger partial charge in [0, 0.05) is 51.3 Å². The van der Waals surface area contributed by atoms with E-state index in [4.69, 9.17) is 34.8 Å². The molecule has 0 spiro atoms. The number of nitrogens with zero attached hydrogens (tertiary/aromatic N) is 2. The molecule has 9 heteroatoms. The van der Waals surface area contributed by atoms with Gasteiger partial charge in [-0.1, -0.05) is 34.8 Å². The van der Waals surface area contributed by atoms with Crippen LogP contribution in [0.15, 0.2) is 54.6 Å². The molecule has 1 saturated heterocycles. The second-order valence-electron chi connectivity index (χ2n) is 9.02. The Bertz CT molecular complexity index is 1430. The fourth-order valence-electron chi connectivity index (χ4n) is 4.60. The molecule has 0 saturated carbocycles. The van der Waals surface area contributed by atoms with Gasteiger partial charge in [-0.3, -0.25) is 4.79 Å². The molecule has 0 radical (unpaired) electrons. The topological polar surface area (TPSA) is 51.4 Å². The Morgan fingerprint density at radius 1 is 0.917 bits per heavy atom. The van der Waals surface area contributed by atoms with E-state index in [0.717, 1.165) is 49.1 Å². The number of aromatic amines is 1. The zero-order valence-corrected chi connectivity index (χ0v) is 21.8. The minimum absolute atomic E-state index is 0.321. The first kappa shape index (κ1) is 24.9. The van der Waals surface area contributed by atoms with E-state index in [1.54, 1.807) is 48.5 Å². The molecule has 186 valence electrons. The lowest BCUT2D eigenvalue weighted by atomic mass is 10.0. The van der Waals surface area contributed by atoms with Crippen LogP contribution in [0.1, 0.15) is 16.9 Å². The van der Waals surface area contributed by atoms with Crippen molar-refractivity contribution >= 4 is 63.0 Å². The number of fused-ring (bicyclic) bond motifs is 1. The van der Waals surface area contributed by atoms with Gasteiger partial charge in [0.25, 0.3) is 5.91 Å². The largest absolute Gasteiger partial charge is 0.368 e. The predicted molar refractivity (Wildman–Crippen MR) is 147 cm³/mol. The highest BCUT2D eigenvalue weighted by molar-refractivity contribution is 6.35. The molecule has 1 aliphatic rings. The lowest BCUT2D eigenvalue weighted by Gasteiger charge is -2.23. The Labute approximate surface area is 223 Å². The Kier molecular flexibility index (Phi) is 7.13. The Morgan fingerprint density at radius 3 is 2.42 bits per heavy atom. The van der Waals surface area contributed by atoms with E-state index in [2.05, 4.69) is 27.1 Å². The molecule has 3 aromatic carbocycles. The van der Waals surface area contributed by atoms with Gasteiger partial charge in [-0.05, 0) is 85.7 Å². The molecule has 5 nitrogen and oxygen atoms in total. The fourth-order valence-corrected chi connectivity index (χ4v) is 5.34. The van der Waals surface area contributed by atoms with Crippen molar-refractivity contribution in [3.05, 3.63) is 81.2 Å². The molecule has 0 unspecified atom stereocenters. The van der Waals surface area contributed by atoms with E-state index in [-0.39, 0.29) is 11.7 Å². The number of halogens is 4. The summed E-state index contributed by atoms with van der Waals surface area (Å²) < 4.78 is 15.0. The number of hydrogen-bond acceptors (Lipinski definition) is 3. The van der Waals surface area contributed by atoms with Crippen LogP contribution in [0.4, 0.5) is 15.8 Å². The number of likely N-dealkylation sites (N-methyl/N-ethyl adjacent to an activating group) is 1. The fraction of sp³-hybridized carbons (Fsp3) is 0.222. The second-order valence-corrected chi connectivity index (χ2v) is 10.3. The van der Waals surface area contributed by atoms with E-state index in [1.165, 1.54) is 6.07 Å². The summed E-state index contributed by atoms with van der Waals surface area (Å²) in [6.45, 7) is 3.43. The van der Waals surface area contributed by atoms with Crippen molar-refractivity contribution in [3.63, 3.8) is 0 Å². The van der Waals surface area contributed by atoms with Crippen LogP contribution < -0.4 is 10.2 Å². The number of nitrogens with one attached hydrogen (secondary N) is 2. The SMILES string of the molecule is CN1CCCN(c2ccc(NC(=O)c3cc4c(-c5cc(Cl)cc(Cl)c5)cc(Cl)cc4[nH]3)cc2F)CC1. The third-order valence-corrected chi connectivity index (χ3v) is 7.04. The molecular formula is C27H24Cl3FN4O. The Morgan fingerprint density at radius 2 is 1.67 bits per heavy atom. The van der Waals surface area contributed by atoms with Gasteiger partial charge in [0.05, 0.1) is 5.69 Å². The predicted octanol–water partition coefficient (Wildman–Crippen LogP) is 7.33. The van der Waals surface area contributed by atoms with Gasteiger partial charge in [0.2, 0.25) is 0 Å². The molecule has 1 aliphatic heterocycles. The number of rotatable bonds is 4. The highest BCUT2D eigenvalue weighted by Gasteiger charge is 2.18. The number of amides is 1. The standard InChI is InChI=1S/C27H24Cl3FN4O/c1-34-5-2-6-35(8-7-34)26-4-3-20(14-23(26)31)32-27(36)25-15-22-21(12-19(30)13-24(22)33-25)16-9-17(28)11-18(29)10-16/h3-4,9-15,33H,2,5-8H2,1H3,(H,32,36). The number of carbonyl (C=O) groups excluding carboxylic acids is 1. The van der Waals surface area contributed by atoms with Gasteiger partial charge >= 0.3 is 0 Å². The molecule has 0 bridgehead atoms. The number of benzene rings is 3. The van der Waals surface area contributed by atoms with Gasteiger partial charge in [0.1, 0.15) is 11.5 Å². The lowest BCUT2D eigenvalue weighted by Crippen LogP contribution is -2.29. The molecule has 5 rings (SSSR count). The minimum atomic E-state index is -0.388. The third-order valence-electron chi connectivity index (χ3n) is 6.39. The summed E-state index contributed by atoms with van der Waals surface area (Å²) in [5, 5.41) is 5.07. The first-order chi connectivity index (χ1) is 17.3. The van der Waals surface area contributed by atoms with E-state index < -0.39 is 0 Å². The number of hydrogen-bond donors (Lipinski definition) is 2. The molecule has 1 amide bonds. The van der Waals surface area contributed by atoms with Gasteiger partial charge in [-0.25, -0.2) is 4.39 Å². The summed E-state index contributed by atoms with van der Waals surface area (Å²) in [6.07, 6.45) is 0.974. The molecule has 2 N–H and O–H groups in total. The van der Waals surface area contributed by atoms with Crippen LogP contribution >= 0.6 is 34.8 Å². The van der Waals surface area contributed by atoms with Gasteiger partial charge in [-0.15, -0.1) is 0 Å². The molecule has 4 aromatic rings. The maximum Gasteiger partial charge on any atom is 0.272 e. The molecule has 1 fully saturated rings. The van der Waals surface area contributed by atoms with E-state index in [9.17, 15) is 9.18 Å². The van der Waals surface area contributed by atoms with Crippen molar-refractivity contribution in [1.29, 1.82) is 0 Å². The van der Waals surface area contributed by atoms with Crippen LogP contribution in [0.25, 0.3) is 22.0 Å². The maximum absolute atomic E-state index is 15.0. The smallest absolute Gasteiger partial charge is 0.272 e. The summed E-state index contributed by atoms with van der Waals surface area (Å²) in [4.78, 5) is 20.5. The first-order valence-corrected chi connectivity index (χ1v) is 12.7. The summed E-state index contributed by atoms with van der Waals surface area (Å²) in [5.41, 5.74) is 3.51. The highest BCUT2D eigenvalue weighted by Crippen LogP contribution is 2.35. The number of aromatic nitrogens is 1. The third kappa shape index (κ3) is 5.32. The summed E-state index contributed by atoms with van der Waals surface area (Å²) in [5.74, 6) is -0.748. The van der Waals surface area contributed by atoms with Crippen LogP contribution in [0.3, 0.4) is 0 Å². The monoisotopic (exact) mass is 544 g/mol. The van der Waals surface area contributed by atoms with Crippen molar-refractivity contribution in [1.82, 2.24) is 9.88 Å². The van der Waals surface area contributed by atoms with Crippen molar-refractivity contribution in [2.45, 2.75) is 6.42 Å². The molecule has 1 aromatic heterocycles. The maximum atomic E-state index is 15.0. The van der Waals surface area contributed by atoms with Crippen LogP contribution in [0.2, 0.25) is 15.1 Å². The molecule has 36 heavy (non-hydrogen) atoms. The van der Waals surface area contributed by atoms with Crippen molar-refractivity contribution in [3.8, 4) is 11.1 Å². The van der Waals surface area contributed by atoms with Crippen LogP contribution in [-0.2, 0) is 0 Å². The van der Waals surface area contributed by atoms with E-state index >= 15 is 0 Å². The zero-order valence-electron chi connectivity index (χ0n) is 19.5. The average molecular weight is 546 g/mol. The van der Waals surface area contributed by atoms with E-state index in [0.29, 0.717) is 37.7 Å². The molecule has 0 aliphatic carbocycles. The summed E-state index contributed by atoms with van der Waals surface area (Å²) in [7, 11) is 2.07. The normalized spacial score (nSPS) is 14.8. The molecule has 0 atom stereocenters. The highest BCUT2D eigenvalue weighted by atomic mass is 35.5. The van der Waals surface area contributed by atoms with Crippen LogP contribution in [-0.4, -0.2) is 49.0 Å². The quantitative estimate of drug-likeness (QED) is 0.282. The van der Waals surface area contributed by atoms with Gasteiger partial charge in [0.15, 0.2) is 0 Å². The number of anilines is 2. The minimum Gasteiger partial charge on any atom is -0.368 e. The number of H-pyrrole nitrogens is 1. The van der Waals surface area contributed by atoms with Crippen LogP contribution in [0, 0.1) is 5.82 Å². The van der Waals surface area contributed by atoms with Crippen molar-refractivity contribution in [2.24, 2.45) is 0 Å². The first-order valence-electron chi connectivity index (χ1n) is 11.6. The second kappa shape index (κ2) is 10.3. The van der Waals surface area contributed by atoms with Crippen molar-refractivity contribution in [2.75, 3.05) is 43.4 Å². The summed E-state index contributed by atoms with van der Waals surface area (Å²) in [6, 6.07) is 15.3. The van der Waals surface area contributed by atoms with Gasteiger partial charge in [-0.2, -0.15) is 0 Å². The zero-order chi connectivity index (χ0) is 25.4. The molecular weight excluding hydrogens is 522 g/mol. The average Bonchev–Trinajstić information content (AvgIpc) is 3.13. The Hall–Kier alpha value is -2.77. The van der Waals surface area contributed by atoms with E-state index in [1.807, 2.05) is 0 Å².